The lowest BCUT2D eigenvalue weighted by Gasteiger charge is -2.00. The van der Waals surface area contributed by atoms with Crippen molar-refractivity contribution in [3.63, 3.8) is 0 Å². The van der Waals surface area contributed by atoms with Gasteiger partial charge >= 0.3 is 0 Å². The summed E-state index contributed by atoms with van der Waals surface area (Å²) in [5.74, 6) is 0. The minimum atomic E-state index is -2.42. The number of aromatic nitrogens is 1. The van der Waals surface area contributed by atoms with Gasteiger partial charge in [0.1, 0.15) is 5.01 Å². The quantitative estimate of drug-likeness (QED) is 0.890. The predicted molar refractivity (Wildman–Crippen MR) is 69.9 cm³/mol. The first-order valence-corrected chi connectivity index (χ1v) is 6.56. The summed E-state index contributed by atoms with van der Waals surface area (Å²) in [5, 5.41) is 4.09. The molecule has 0 radical (unpaired) electrons. The van der Waals surface area contributed by atoms with Gasteiger partial charge in [0, 0.05) is 28.7 Å². The van der Waals surface area contributed by atoms with Crippen molar-refractivity contribution in [2.45, 2.75) is 19.9 Å². The number of halogens is 2. The largest absolute Gasteiger partial charge is 0.312 e. The minimum absolute atomic E-state index is 0.0446. The topological polar surface area (TPSA) is 24.9 Å². The highest BCUT2D eigenvalue weighted by Crippen LogP contribution is 2.27. The molecule has 1 aromatic heterocycles. The van der Waals surface area contributed by atoms with Crippen LogP contribution >= 0.6 is 11.3 Å². The van der Waals surface area contributed by atoms with Crippen LogP contribution in [-0.2, 0) is 6.54 Å². The maximum atomic E-state index is 12.4. The van der Waals surface area contributed by atoms with Crippen molar-refractivity contribution in [2.75, 3.05) is 6.54 Å². The summed E-state index contributed by atoms with van der Waals surface area (Å²) in [6, 6.07) is 6.28. The maximum Gasteiger partial charge on any atom is 0.263 e. The summed E-state index contributed by atoms with van der Waals surface area (Å²) in [4.78, 5) is 5.45. The van der Waals surface area contributed by atoms with Crippen molar-refractivity contribution >= 4 is 11.3 Å². The van der Waals surface area contributed by atoms with Crippen LogP contribution in [0.5, 0.6) is 0 Å². The third-order valence-corrected chi connectivity index (χ3v) is 3.56. The maximum absolute atomic E-state index is 12.4. The molecule has 1 N–H and O–H groups in total. The highest BCUT2D eigenvalue weighted by Gasteiger charge is 2.08. The highest BCUT2D eigenvalue weighted by molar-refractivity contribution is 7.15. The summed E-state index contributed by atoms with van der Waals surface area (Å²) in [5.41, 5.74) is 0.926. The van der Waals surface area contributed by atoms with Crippen molar-refractivity contribution < 1.29 is 8.78 Å². The van der Waals surface area contributed by atoms with Crippen molar-refractivity contribution in [3.05, 3.63) is 40.9 Å². The van der Waals surface area contributed by atoms with E-state index in [0.717, 1.165) is 28.5 Å². The molecule has 0 aliphatic rings. The van der Waals surface area contributed by atoms with E-state index in [0.29, 0.717) is 0 Å². The molecule has 0 unspecified atom stereocenters. The normalized spacial score (nSPS) is 11.1. The molecule has 18 heavy (non-hydrogen) atoms. The zero-order chi connectivity index (χ0) is 13.0. The van der Waals surface area contributed by atoms with E-state index in [2.05, 4.69) is 10.3 Å². The number of rotatable bonds is 5. The SMILES string of the molecule is CCNCc1cnc(-c2ccc(C(F)F)cc2)s1. The first kappa shape index (κ1) is 13.1. The van der Waals surface area contributed by atoms with Crippen LogP contribution < -0.4 is 5.32 Å². The van der Waals surface area contributed by atoms with Gasteiger partial charge in [-0.2, -0.15) is 0 Å². The summed E-state index contributed by atoms with van der Waals surface area (Å²) < 4.78 is 24.8. The Morgan fingerprint density at radius 1 is 1.28 bits per heavy atom. The van der Waals surface area contributed by atoms with Crippen LogP contribution in [0.15, 0.2) is 30.5 Å². The summed E-state index contributed by atoms with van der Waals surface area (Å²) >= 11 is 1.58. The Labute approximate surface area is 109 Å². The Kier molecular flexibility index (Phi) is 4.38. The lowest BCUT2D eigenvalue weighted by Crippen LogP contribution is -2.10. The van der Waals surface area contributed by atoms with E-state index in [-0.39, 0.29) is 5.56 Å². The fourth-order valence-electron chi connectivity index (χ4n) is 1.54. The van der Waals surface area contributed by atoms with E-state index in [1.54, 1.807) is 23.5 Å². The number of benzene rings is 1. The fourth-order valence-corrected chi connectivity index (χ4v) is 2.43. The average Bonchev–Trinajstić information content (AvgIpc) is 2.85. The molecule has 0 fully saturated rings. The van der Waals surface area contributed by atoms with Crippen LogP contribution in [0.3, 0.4) is 0 Å². The molecule has 1 aromatic carbocycles. The van der Waals surface area contributed by atoms with Crippen molar-refractivity contribution in [2.24, 2.45) is 0 Å². The number of nitrogens with one attached hydrogen (secondary N) is 1. The second-order valence-electron chi connectivity index (χ2n) is 3.83. The predicted octanol–water partition coefficient (Wildman–Crippen LogP) is 3.86. The number of hydrogen-bond donors (Lipinski definition) is 1. The lowest BCUT2D eigenvalue weighted by molar-refractivity contribution is 0.151. The van der Waals surface area contributed by atoms with E-state index >= 15 is 0 Å². The Morgan fingerprint density at radius 2 is 2.00 bits per heavy atom. The van der Waals surface area contributed by atoms with E-state index in [1.807, 2.05) is 13.1 Å². The van der Waals surface area contributed by atoms with E-state index in [9.17, 15) is 8.78 Å². The second-order valence-corrected chi connectivity index (χ2v) is 4.95. The number of hydrogen-bond acceptors (Lipinski definition) is 3. The van der Waals surface area contributed by atoms with Gasteiger partial charge in [-0.05, 0) is 6.54 Å². The third kappa shape index (κ3) is 3.11. The third-order valence-electron chi connectivity index (χ3n) is 2.51. The fraction of sp³-hybridized carbons (Fsp3) is 0.308. The van der Waals surface area contributed by atoms with Crippen LogP contribution in [0.25, 0.3) is 10.6 Å². The lowest BCUT2D eigenvalue weighted by atomic mass is 10.1. The zero-order valence-corrected chi connectivity index (χ0v) is 10.8. The van der Waals surface area contributed by atoms with Crippen LogP contribution in [-0.4, -0.2) is 11.5 Å². The first-order valence-electron chi connectivity index (χ1n) is 5.74. The minimum Gasteiger partial charge on any atom is -0.312 e. The van der Waals surface area contributed by atoms with Gasteiger partial charge < -0.3 is 5.32 Å². The average molecular weight is 268 g/mol. The molecule has 2 nitrogen and oxygen atoms in total. The molecule has 0 aliphatic heterocycles. The Balaban J connectivity index is 2.13. The molecule has 2 rings (SSSR count). The monoisotopic (exact) mass is 268 g/mol. The van der Waals surface area contributed by atoms with E-state index < -0.39 is 6.43 Å². The van der Waals surface area contributed by atoms with Crippen molar-refractivity contribution in [1.29, 1.82) is 0 Å². The smallest absolute Gasteiger partial charge is 0.263 e. The number of nitrogens with zero attached hydrogens (tertiary/aromatic N) is 1. The van der Waals surface area contributed by atoms with E-state index in [1.165, 1.54) is 12.1 Å². The molecule has 0 saturated heterocycles. The molecule has 1 heterocycles. The number of thiazole rings is 1. The molecule has 0 spiro atoms. The molecule has 0 atom stereocenters. The molecular formula is C13H14F2N2S. The molecule has 96 valence electrons. The Hall–Kier alpha value is -1.33. The van der Waals surface area contributed by atoms with E-state index in [4.69, 9.17) is 0 Å². The van der Waals surface area contributed by atoms with Gasteiger partial charge in [-0.15, -0.1) is 11.3 Å². The molecule has 5 heteroatoms. The molecule has 0 saturated carbocycles. The Bertz CT molecular complexity index is 494. The second kappa shape index (κ2) is 6.02. The van der Waals surface area contributed by atoms with Gasteiger partial charge in [0.05, 0.1) is 0 Å². The Morgan fingerprint density at radius 3 is 2.61 bits per heavy atom. The number of alkyl halides is 2. The van der Waals surface area contributed by atoms with Crippen LogP contribution in [0.4, 0.5) is 8.78 Å². The summed E-state index contributed by atoms with van der Waals surface area (Å²) in [7, 11) is 0. The van der Waals surface area contributed by atoms with Crippen LogP contribution in [0.1, 0.15) is 23.8 Å². The summed E-state index contributed by atoms with van der Waals surface area (Å²) in [6.07, 6.45) is -0.594. The standard InChI is InChI=1S/C13H14F2N2S/c1-2-16-7-11-8-17-13(18-11)10-5-3-9(4-6-10)12(14)15/h3-6,8,12,16H,2,7H2,1H3. The van der Waals surface area contributed by atoms with Crippen LogP contribution in [0.2, 0.25) is 0 Å². The van der Waals surface area contributed by atoms with Gasteiger partial charge in [0.2, 0.25) is 0 Å². The molecule has 2 aromatic rings. The summed E-state index contributed by atoms with van der Waals surface area (Å²) in [6.45, 7) is 3.75. The highest BCUT2D eigenvalue weighted by atomic mass is 32.1. The van der Waals surface area contributed by atoms with Gasteiger partial charge in [0.25, 0.3) is 6.43 Å². The van der Waals surface area contributed by atoms with Crippen molar-refractivity contribution in [3.8, 4) is 10.6 Å². The van der Waals surface area contributed by atoms with Crippen molar-refractivity contribution in [1.82, 2.24) is 10.3 Å². The molecule has 0 bridgehead atoms. The van der Waals surface area contributed by atoms with Gasteiger partial charge in [0.15, 0.2) is 0 Å². The van der Waals surface area contributed by atoms with Gasteiger partial charge in [-0.25, -0.2) is 13.8 Å². The van der Waals surface area contributed by atoms with Gasteiger partial charge in [-0.3, -0.25) is 0 Å². The van der Waals surface area contributed by atoms with Crippen LogP contribution in [0, 0.1) is 0 Å². The zero-order valence-electron chi connectivity index (χ0n) is 9.99. The molecule has 0 amide bonds. The molecular weight excluding hydrogens is 254 g/mol. The van der Waals surface area contributed by atoms with Gasteiger partial charge in [-0.1, -0.05) is 31.2 Å². The molecule has 0 aliphatic carbocycles. The first-order chi connectivity index (χ1) is 8.70.